The van der Waals surface area contributed by atoms with Crippen molar-refractivity contribution in [2.45, 2.75) is 37.9 Å². The first kappa shape index (κ1) is 17.5. The fourth-order valence-electron chi connectivity index (χ4n) is 3.08. The van der Waals surface area contributed by atoms with Crippen LogP contribution in [0.4, 0.5) is 19.0 Å². The molecule has 1 saturated carbocycles. The summed E-state index contributed by atoms with van der Waals surface area (Å²) < 4.78 is 38.6. The van der Waals surface area contributed by atoms with E-state index in [2.05, 4.69) is 20.9 Å². The molecule has 1 aliphatic carbocycles. The molecule has 0 bridgehead atoms. The van der Waals surface area contributed by atoms with Gasteiger partial charge in [-0.05, 0) is 47.7 Å². The highest BCUT2D eigenvalue weighted by molar-refractivity contribution is 9.10. The third-order valence-electron chi connectivity index (χ3n) is 4.67. The number of alkyl halides is 3. The summed E-state index contributed by atoms with van der Waals surface area (Å²) in [6.07, 6.45) is 0.168. The molecule has 0 aromatic carbocycles. The van der Waals surface area contributed by atoms with E-state index < -0.39 is 11.7 Å². The molecule has 1 aliphatic heterocycles. The Balaban J connectivity index is 1.73. The van der Waals surface area contributed by atoms with Crippen molar-refractivity contribution < 1.29 is 18.0 Å². The summed E-state index contributed by atoms with van der Waals surface area (Å²) in [6.45, 7) is 1.31. The van der Waals surface area contributed by atoms with Gasteiger partial charge in [0.15, 0.2) is 0 Å². The summed E-state index contributed by atoms with van der Waals surface area (Å²) in [7, 11) is 1.82. The van der Waals surface area contributed by atoms with Gasteiger partial charge in [-0.25, -0.2) is 4.98 Å². The second-order valence-corrected chi connectivity index (χ2v) is 7.35. The second-order valence-electron chi connectivity index (χ2n) is 6.49. The average Bonchev–Trinajstić information content (AvgIpc) is 3.37. The van der Waals surface area contributed by atoms with E-state index >= 15 is 0 Å². The van der Waals surface area contributed by atoms with Crippen LogP contribution in [0.5, 0.6) is 0 Å². The molecular formula is C16H19BrF3N3O. The number of hydrogen-bond donors (Lipinski definition) is 0. The largest absolute Gasteiger partial charge is 0.417 e. The molecule has 1 atom stereocenters. The Morgan fingerprint density at radius 2 is 2.08 bits per heavy atom. The molecule has 1 aromatic rings. The smallest absolute Gasteiger partial charge is 0.354 e. The third kappa shape index (κ3) is 3.68. The Labute approximate surface area is 147 Å². The summed E-state index contributed by atoms with van der Waals surface area (Å²) in [5.74, 6) is 0.850. The topological polar surface area (TPSA) is 36.4 Å². The highest BCUT2D eigenvalue weighted by Crippen LogP contribution is 2.35. The number of carbonyl (C=O) groups is 1. The minimum atomic E-state index is -4.41. The first-order valence-electron chi connectivity index (χ1n) is 8.01. The Hall–Kier alpha value is -1.31. The number of halogens is 4. The minimum absolute atomic E-state index is 0.0721. The first-order chi connectivity index (χ1) is 11.3. The summed E-state index contributed by atoms with van der Waals surface area (Å²) in [5.41, 5.74) is -0.771. The lowest BCUT2D eigenvalue weighted by atomic mass is 10.0. The molecule has 1 aromatic heterocycles. The maximum Gasteiger partial charge on any atom is 0.417 e. The molecule has 2 aliphatic rings. The fourth-order valence-corrected chi connectivity index (χ4v) is 3.68. The Kier molecular flexibility index (Phi) is 4.77. The summed E-state index contributed by atoms with van der Waals surface area (Å²) in [5, 5.41) is 0. The van der Waals surface area contributed by atoms with Crippen LogP contribution in [-0.4, -0.2) is 42.0 Å². The van der Waals surface area contributed by atoms with Crippen LogP contribution in [0.2, 0.25) is 0 Å². The molecule has 1 unspecified atom stereocenters. The Bertz CT molecular complexity index is 633. The number of carbonyl (C=O) groups excluding carboxylic acids is 1. The number of pyridine rings is 1. The molecule has 0 radical (unpaired) electrons. The lowest BCUT2D eigenvalue weighted by Gasteiger charge is -2.38. The molecule has 3 rings (SSSR count). The molecule has 0 N–H and O–H groups in total. The van der Waals surface area contributed by atoms with E-state index in [9.17, 15) is 18.0 Å². The second kappa shape index (κ2) is 6.54. The summed E-state index contributed by atoms with van der Waals surface area (Å²) in [6, 6.07) is 1.13. The van der Waals surface area contributed by atoms with Gasteiger partial charge in [0.25, 0.3) is 0 Å². The van der Waals surface area contributed by atoms with E-state index in [4.69, 9.17) is 0 Å². The number of nitrogens with zero attached hydrogens (tertiary/aromatic N) is 3. The Morgan fingerprint density at radius 1 is 1.38 bits per heavy atom. The van der Waals surface area contributed by atoms with Gasteiger partial charge in [-0.15, -0.1) is 0 Å². The van der Waals surface area contributed by atoms with E-state index in [0.29, 0.717) is 16.8 Å². The van der Waals surface area contributed by atoms with Crippen LogP contribution in [0.25, 0.3) is 0 Å². The molecule has 2 fully saturated rings. The van der Waals surface area contributed by atoms with Gasteiger partial charge in [0.2, 0.25) is 5.91 Å². The number of likely N-dealkylation sites (N-methyl/N-ethyl adjacent to an activating group) is 1. The van der Waals surface area contributed by atoms with Crippen molar-refractivity contribution in [3.63, 3.8) is 0 Å². The monoisotopic (exact) mass is 405 g/mol. The normalized spacial score (nSPS) is 21.7. The molecule has 4 nitrogen and oxygen atoms in total. The molecule has 8 heteroatoms. The van der Waals surface area contributed by atoms with Gasteiger partial charge < -0.3 is 9.80 Å². The molecular weight excluding hydrogens is 387 g/mol. The van der Waals surface area contributed by atoms with Gasteiger partial charge >= 0.3 is 6.18 Å². The highest BCUT2D eigenvalue weighted by atomic mass is 79.9. The van der Waals surface area contributed by atoms with Crippen LogP contribution in [0.15, 0.2) is 16.7 Å². The van der Waals surface area contributed by atoms with Crippen molar-refractivity contribution in [1.29, 1.82) is 0 Å². The molecule has 24 heavy (non-hydrogen) atoms. The summed E-state index contributed by atoms with van der Waals surface area (Å²) >= 11 is 3.21. The van der Waals surface area contributed by atoms with Gasteiger partial charge in [0.05, 0.1) is 10.0 Å². The van der Waals surface area contributed by atoms with Crippen molar-refractivity contribution in [3.05, 3.63) is 22.3 Å². The SMILES string of the molecule is CN(C(=O)C1CC1)C1CCCN(c2ncc(C(F)(F)F)cc2Br)C1. The number of piperidine rings is 1. The number of amides is 1. The third-order valence-corrected chi connectivity index (χ3v) is 5.25. The standard InChI is InChI=1S/C16H19BrF3N3O/c1-22(15(24)10-4-5-10)12-3-2-6-23(9-12)14-13(17)7-11(8-21-14)16(18,19)20/h7-8,10,12H,2-6,9H2,1H3. The zero-order valence-electron chi connectivity index (χ0n) is 13.3. The minimum Gasteiger partial charge on any atom is -0.354 e. The number of rotatable bonds is 3. The van der Waals surface area contributed by atoms with Gasteiger partial charge in [-0.2, -0.15) is 13.2 Å². The van der Waals surface area contributed by atoms with Crippen molar-refractivity contribution in [2.75, 3.05) is 25.0 Å². The number of aromatic nitrogens is 1. The van der Waals surface area contributed by atoms with Crippen LogP contribution in [0, 0.1) is 5.92 Å². The van der Waals surface area contributed by atoms with Crippen LogP contribution < -0.4 is 4.90 Å². The molecule has 1 saturated heterocycles. The van der Waals surface area contributed by atoms with E-state index in [0.717, 1.165) is 44.5 Å². The first-order valence-corrected chi connectivity index (χ1v) is 8.81. The van der Waals surface area contributed by atoms with Crippen molar-refractivity contribution >= 4 is 27.7 Å². The van der Waals surface area contributed by atoms with Gasteiger partial charge in [0, 0.05) is 38.3 Å². The lowest BCUT2D eigenvalue weighted by Crippen LogP contribution is -2.49. The van der Waals surface area contributed by atoms with Crippen molar-refractivity contribution in [2.24, 2.45) is 5.92 Å². The lowest BCUT2D eigenvalue weighted by molar-refractivity contribution is -0.138. The van der Waals surface area contributed by atoms with Crippen molar-refractivity contribution in [3.8, 4) is 0 Å². The Morgan fingerprint density at radius 3 is 2.67 bits per heavy atom. The molecule has 2 heterocycles. The van der Waals surface area contributed by atoms with Gasteiger partial charge in [-0.3, -0.25) is 4.79 Å². The van der Waals surface area contributed by atoms with Gasteiger partial charge in [-0.1, -0.05) is 0 Å². The van der Waals surface area contributed by atoms with Crippen LogP contribution in [-0.2, 0) is 11.0 Å². The molecule has 0 spiro atoms. The van der Waals surface area contributed by atoms with Crippen LogP contribution in [0.1, 0.15) is 31.2 Å². The van der Waals surface area contributed by atoms with Crippen LogP contribution >= 0.6 is 15.9 Å². The molecule has 132 valence electrons. The highest BCUT2D eigenvalue weighted by Gasteiger charge is 2.36. The van der Waals surface area contributed by atoms with Gasteiger partial charge in [0.1, 0.15) is 5.82 Å². The van der Waals surface area contributed by atoms with Crippen molar-refractivity contribution in [1.82, 2.24) is 9.88 Å². The predicted octanol–water partition coefficient (Wildman–Crippen LogP) is 3.70. The molecule has 1 amide bonds. The number of anilines is 1. The van der Waals surface area contributed by atoms with E-state index in [1.54, 1.807) is 0 Å². The van der Waals surface area contributed by atoms with E-state index in [1.165, 1.54) is 0 Å². The van der Waals surface area contributed by atoms with E-state index in [1.807, 2.05) is 16.8 Å². The zero-order valence-corrected chi connectivity index (χ0v) is 14.9. The van der Waals surface area contributed by atoms with Crippen LogP contribution in [0.3, 0.4) is 0 Å². The fraction of sp³-hybridized carbons (Fsp3) is 0.625. The summed E-state index contributed by atoms with van der Waals surface area (Å²) in [4.78, 5) is 20.0. The van der Waals surface area contributed by atoms with E-state index in [-0.39, 0.29) is 17.9 Å². The maximum absolute atomic E-state index is 12.8. The number of hydrogen-bond acceptors (Lipinski definition) is 3. The quantitative estimate of drug-likeness (QED) is 0.768. The maximum atomic E-state index is 12.8. The predicted molar refractivity (Wildman–Crippen MR) is 87.7 cm³/mol. The zero-order chi connectivity index (χ0) is 17.5. The average molecular weight is 406 g/mol.